The summed E-state index contributed by atoms with van der Waals surface area (Å²) in [6, 6.07) is 12.9. The standard InChI is InChI=1S/C29H30N6O5S/c1-38-18-13-11-17(12-14-18)21-15-23(19-8-6-10-24(39-2)26(19)40-3)35(33-21)25(36)16-41-29-32-31-28-30-27(37)20-7-4-5-9-22(20)34(28)29/h6,8,10-14,23H,4-5,7,9,15-16H2,1-3H3,(H,30,31,37). The van der Waals surface area contributed by atoms with Crippen LogP contribution in [0.5, 0.6) is 17.2 Å². The van der Waals surface area contributed by atoms with Crippen LogP contribution in [0.2, 0.25) is 0 Å². The molecule has 1 aliphatic carbocycles. The molecule has 0 saturated heterocycles. The average Bonchev–Trinajstić information content (AvgIpc) is 3.64. The Labute approximate surface area is 240 Å². The number of methoxy groups -OCH3 is 3. The summed E-state index contributed by atoms with van der Waals surface area (Å²) in [4.78, 5) is 29.2. The Bertz CT molecular complexity index is 1700. The summed E-state index contributed by atoms with van der Waals surface area (Å²) in [7, 11) is 4.80. The van der Waals surface area contributed by atoms with Crippen LogP contribution in [0.4, 0.5) is 0 Å². The van der Waals surface area contributed by atoms with Gasteiger partial charge in [0.1, 0.15) is 5.75 Å². The van der Waals surface area contributed by atoms with Crippen molar-refractivity contribution in [1.29, 1.82) is 0 Å². The molecule has 3 heterocycles. The van der Waals surface area contributed by atoms with E-state index in [-0.39, 0.29) is 17.2 Å². The number of aryl methyl sites for hydroxylation is 1. The van der Waals surface area contributed by atoms with Gasteiger partial charge in [0.2, 0.25) is 5.78 Å². The molecule has 1 N–H and O–H groups in total. The molecule has 0 radical (unpaired) electrons. The maximum absolute atomic E-state index is 13.8. The van der Waals surface area contributed by atoms with E-state index in [1.807, 2.05) is 46.9 Å². The van der Waals surface area contributed by atoms with Gasteiger partial charge < -0.3 is 14.2 Å². The lowest BCUT2D eigenvalue weighted by Gasteiger charge is -2.24. The third-order valence-electron chi connectivity index (χ3n) is 7.55. The minimum atomic E-state index is -0.399. The molecule has 11 nitrogen and oxygen atoms in total. The van der Waals surface area contributed by atoms with E-state index in [0.717, 1.165) is 59.5 Å². The van der Waals surface area contributed by atoms with E-state index < -0.39 is 6.04 Å². The summed E-state index contributed by atoms with van der Waals surface area (Å²) in [5, 5.41) is 15.4. The van der Waals surface area contributed by atoms with E-state index in [1.165, 1.54) is 16.8 Å². The minimum Gasteiger partial charge on any atom is -0.497 e. The van der Waals surface area contributed by atoms with Crippen LogP contribution in [0, 0.1) is 0 Å². The van der Waals surface area contributed by atoms with Crippen molar-refractivity contribution in [2.45, 2.75) is 43.3 Å². The predicted octanol–water partition coefficient (Wildman–Crippen LogP) is 3.79. The van der Waals surface area contributed by atoms with Crippen LogP contribution in [0.15, 0.2) is 57.5 Å². The van der Waals surface area contributed by atoms with E-state index in [0.29, 0.717) is 28.9 Å². The van der Waals surface area contributed by atoms with Gasteiger partial charge in [0, 0.05) is 23.2 Å². The van der Waals surface area contributed by atoms with Gasteiger partial charge in [-0.3, -0.25) is 19.0 Å². The van der Waals surface area contributed by atoms with Crippen molar-refractivity contribution in [1.82, 2.24) is 24.6 Å². The van der Waals surface area contributed by atoms with Gasteiger partial charge in [-0.25, -0.2) is 5.01 Å². The number of rotatable bonds is 8. The maximum Gasteiger partial charge on any atom is 0.255 e. The quantitative estimate of drug-likeness (QED) is 0.315. The zero-order valence-corrected chi connectivity index (χ0v) is 23.9. The number of ether oxygens (including phenoxy) is 3. The SMILES string of the molecule is COc1ccc(C2=NN(C(=O)CSc3nnc4[nH]c(=O)c5c(n34)CCCC5)C(c3cccc(OC)c3OC)C2)cc1. The van der Waals surface area contributed by atoms with Gasteiger partial charge in [-0.15, -0.1) is 10.2 Å². The number of H-pyrrole nitrogens is 1. The summed E-state index contributed by atoms with van der Waals surface area (Å²) in [6.07, 6.45) is 3.96. The highest BCUT2D eigenvalue weighted by Gasteiger charge is 2.36. The summed E-state index contributed by atoms with van der Waals surface area (Å²) in [5.74, 6) is 2.17. The molecular weight excluding hydrogens is 544 g/mol. The highest BCUT2D eigenvalue weighted by Crippen LogP contribution is 2.42. The smallest absolute Gasteiger partial charge is 0.255 e. The molecule has 0 fully saturated rings. The lowest BCUT2D eigenvalue weighted by Crippen LogP contribution is -2.29. The Morgan fingerprint density at radius 1 is 1.02 bits per heavy atom. The van der Waals surface area contributed by atoms with E-state index in [4.69, 9.17) is 19.3 Å². The number of amides is 1. The average molecular weight is 575 g/mol. The lowest BCUT2D eigenvalue weighted by atomic mass is 9.97. The number of benzene rings is 2. The normalized spacial score (nSPS) is 16.4. The molecule has 2 aromatic heterocycles. The van der Waals surface area contributed by atoms with Crippen LogP contribution in [0.1, 0.15) is 47.7 Å². The molecule has 12 heteroatoms. The van der Waals surface area contributed by atoms with Gasteiger partial charge in [-0.05, 0) is 61.6 Å². The fourth-order valence-corrected chi connectivity index (χ4v) is 6.36. The van der Waals surface area contributed by atoms with Crippen LogP contribution in [0.25, 0.3) is 5.78 Å². The van der Waals surface area contributed by atoms with Gasteiger partial charge >= 0.3 is 0 Å². The number of nitrogens with zero attached hydrogens (tertiary/aromatic N) is 5. The second-order valence-corrected chi connectivity index (χ2v) is 10.8. The third kappa shape index (κ3) is 4.92. The summed E-state index contributed by atoms with van der Waals surface area (Å²) in [6.45, 7) is 0. The Hall–Kier alpha value is -4.32. The first kappa shape index (κ1) is 26.9. The van der Waals surface area contributed by atoms with Crippen molar-refractivity contribution in [3.8, 4) is 17.2 Å². The molecule has 1 aliphatic heterocycles. The molecule has 212 valence electrons. The zero-order valence-electron chi connectivity index (χ0n) is 23.0. The van der Waals surface area contributed by atoms with Crippen molar-refractivity contribution in [3.05, 3.63) is 75.2 Å². The second kappa shape index (κ2) is 11.3. The number of hydrazone groups is 1. The topological polar surface area (TPSA) is 123 Å². The van der Waals surface area contributed by atoms with Crippen LogP contribution < -0.4 is 19.8 Å². The summed E-state index contributed by atoms with van der Waals surface area (Å²) < 4.78 is 18.4. The third-order valence-corrected chi connectivity index (χ3v) is 8.46. The lowest BCUT2D eigenvalue weighted by molar-refractivity contribution is -0.130. The molecular formula is C29H30N6O5S. The van der Waals surface area contributed by atoms with Crippen LogP contribution in [0.3, 0.4) is 0 Å². The first-order valence-corrected chi connectivity index (χ1v) is 14.4. The fourth-order valence-electron chi connectivity index (χ4n) is 5.55. The number of carbonyl (C=O) groups is 1. The van der Waals surface area contributed by atoms with Gasteiger partial charge in [0.25, 0.3) is 11.5 Å². The fraction of sp³-hybridized carbons (Fsp3) is 0.345. The number of aromatic nitrogens is 4. The van der Waals surface area contributed by atoms with E-state index >= 15 is 0 Å². The van der Waals surface area contributed by atoms with Crippen molar-refractivity contribution in [3.63, 3.8) is 0 Å². The van der Waals surface area contributed by atoms with Crippen molar-refractivity contribution >= 4 is 29.2 Å². The molecule has 0 saturated carbocycles. The van der Waals surface area contributed by atoms with Crippen LogP contribution >= 0.6 is 11.8 Å². The van der Waals surface area contributed by atoms with Crippen LogP contribution in [-0.2, 0) is 17.6 Å². The maximum atomic E-state index is 13.8. The van der Waals surface area contributed by atoms with E-state index in [1.54, 1.807) is 21.3 Å². The molecule has 2 aromatic carbocycles. The Balaban J connectivity index is 1.32. The van der Waals surface area contributed by atoms with Crippen LogP contribution in [-0.4, -0.2) is 63.3 Å². The van der Waals surface area contributed by atoms with E-state index in [9.17, 15) is 9.59 Å². The molecule has 0 spiro atoms. The number of nitrogens with one attached hydrogen (secondary N) is 1. The van der Waals surface area contributed by atoms with Crippen molar-refractivity contribution < 1.29 is 19.0 Å². The number of thioether (sulfide) groups is 1. The molecule has 4 aromatic rings. The Morgan fingerprint density at radius 2 is 1.83 bits per heavy atom. The van der Waals surface area contributed by atoms with Gasteiger partial charge in [-0.2, -0.15) is 5.10 Å². The molecule has 6 rings (SSSR count). The first-order valence-electron chi connectivity index (χ1n) is 13.4. The van der Waals surface area contributed by atoms with E-state index in [2.05, 4.69) is 15.2 Å². The Kier molecular flexibility index (Phi) is 7.39. The summed E-state index contributed by atoms with van der Waals surface area (Å²) in [5.41, 5.74) is 4.07. The number of hydrogen-bond acceptors (Lipinski definition) is 9. The molecule has 1 unspecified atom stereocenters. The Morgan fingerprint density at radius 3 is 2.59 bits per heavy atom. The predicted molar refractivity (Wildman–Crippen MR) is 154 cm³/mol. The van der Waals surface area contributed by atoms with Gasteiger partial charge in [0.15, 0.2) is 16.7 Å². The highest BCUT2D eigenvalue weighted by atomic mass is 32.2. The molecule has 0 bridgehead atoms. The monoisotopic (exact) mass is 574 g/mol. The molecule has 2 aliphatic rings. The minimum absolute atomic E-state index is 0.0802. The number of aromatic amines is 1. The number of carbonyl (C=O) groups excluding carboxylic acids is 1. The number of fused-ring (bicyclic) bond motifs is 3. The number of hydrogen-bond donors (Lipinski definition) is 1. The highest BCUT2D eigenvalue weighted by molar-refractivity contribution is 7.99. The van der Waals surface area contributed by atoms with Gasteiger partial charge in [0.05, 0.1) is 38.8 Å². The molecule has 1 amide bonds. The zero-order chi connectivity index (χ0) is 28.5. The largest absolute Gasteiger partial charge is 0.497 e. The van der Waals surface area contributed by atoms with Crippen molar-refractivity contribution in [2.24, 2.45) is 5.10 Å². The molecule has 1 atom stereocenters. The molecule has 41 heavy (non-hydrogen) atoms. The second-order valence-electron chi connectivity index (χ2n) is 9.83. The van der Waals surface area contributed by atoms with Crippen molar-refractivity contribution in [2.75, 3.05) is 27.1 Å². The first-order chi connectivity index (χ1) is 20.0. The summed E-state index contributed by atoms with van der Waals surface area (Å²) >= 11 is 1.28. The number of para-hydroxylation sites is 1. The van der Waals surface area contributed by atoms with Gasteiger partial charge in [-0.1, -0.05) is 23.9 Å².